The highest BCUT2D eigenvalue weighted by molar-refractivity contribution is 5.74. The van der Waals surface area contributed by atoms with Gasteiger partial charge in [0, 0.05) is 6.54 Å². The minimum absolute atomic E-state index is 0.0906. The van der Waals surface area contributed by atoms with Crippen molar-refractivity contribution in [1.82, 2.24) is 10.6 Å². The number of aliphatic hydroxyl groups excluding tert-OH is 1. The molecule has 1 aromatic rings. The Kier molecular flexibility index (Phi) is 4.39. The number of benzene rings is 1. The number of hydrogen-bond acceptors (Lipinski definition) is 2. The van der Waals surface area contributed by atoms with Crippen LogP contribution >= 0.6 is 0 Å². The summed E-state index contributed by atoms with van der Waals surface area (Å²) in [6.07, 6.45) is 6.14. The Balaban J connectivity index is 1.51. The van der Waals surface area contributed by atoms with Crippen LogP contribution in [-0.4, -0.2) is 24.3 Å². The van der Waals surface area contributed by atoms with Gasteiger partial charge in [0.2, 0.25) is 0 Å². The quantitative estimate of drug-likeness (QED) is 0.725. The average Bonchev–Trinajstić information content (AvgIpc) is 3.43. The molecule has 4 heteroatoms. The van der Waals surface area contributed by atoms with Crippen LogP contribution in [0.3, 0.4) is 0 Å². The Bertz CT molecular complexity index is 518. The van der Waals surface area contributed by atoms with E-state index in [9.17, 15) is 9.90 Å². The van der Waals surface area contributed by atoms with Gasteiger partial charge in [0.15, 0.2) is 0 Å². The molecule has 1 unspecified atom stereocenters. The van der Waals surface area contributed by atoms with Crippen LogP contribution in [0.1, 0.15) is 49.8 Å². The molecule has 0 radical (unpaired) electrons. The van der Waals surface area contributed by atoms with Gasteiger partial charge in [0.1, 0.15) is 0 Å². The molecule has 0 bridgehead atoms. The molecule has 0 aliphatic heterocycles. The first kappa shape index (κ1) is 15.3. The maximum atomic E-state index is 12.1. The fraction of sp³-hybridized carbons (Fsp3) is 0.611. The number of carbonyl (C=O) groups is 1. The lowest BCUT2D eigenvalue weighted by Gasteiger charge is -2.20. The topological polar surface area (TPSA) is 61.4 Å². The third kappa shape index (κ3) is 3.43. The van der Waals surface area contributed by atoms with Gasteiger partial charge in [-0.05, 0) is 54.6 Å². The monoisotopic (exact) mass is 302 g/mol. The van der Waals surface area contributed by atoms with Crippen LogP contribution in [0.5, 0.6) is 0 Å². The Morgan fingerprint density at radius 1 is 1.32 bits per heavy atom. The van der Waals surface area contributed by atoms with Crippen molar-refractivity contribution >= 4 is 6.03 Å². The molecule has 3 rings (SSSR count). The maximum absolute atomic E-state index is 12.1. The minimum Gasteiger partial charge on any atom is -0.394 e. The summed E-state index contributed by atoms with van der Waals surface area (Å²) in [6.45, 7) is 2.79. The highest BCUT2D eigenvalue weighted by atomic mass is 16.3. The second-order valence-corrected chi connectivity index (χ2v) is 6.79. The van der Waals surface area contributed by atoms with E-state index in [1.807, 2.05) is 24.3 Å². The number of hydrogen-bond donors (Lipinski definition) is 3. The second-order valence-electron chi connectivity index (χ2n) is 6.79. The van der Waals surface area contributed by atoms with Crippen LogP contribution in [-0.2, 0) is 6.42 Å². The zero-order chi connectivity index (χ0) is 15.6. The number of urea groups is 1. The van der Waals surface area contributed by atoms with E-state index in [0.29, 0.717) is 5.41 Å². The van der Waals surface area contributed by atoms with Crippen molar-refractivity contribution in [1.29, 1.82) is 0 Å². The van der Waals surface area contributed by atoms with E-state index in [1.165, 1.54) is 31.2 Å². The molecule has 4 nitrogen and oxygen atoms in total. The Hall–Kier alpha value is -1.55. The van der Waals surface area contributed by atoms with E-state index < -0.39 is 0 Å². The number of aryl methyl sites for hydroxylation is 1. The number of rotatable bonds is 7. The van der Waals surface area contributed by atoms with Crippen LogP contribution in [0.2, 0.25) is 0 Å². The molecule has 120 valence electrons. The summed E-state index contributed by atoms with van der Waals surface area (Å²) in [7, 11) is 0. The van der Waals surface area contributed by atoms with Crippen molar-refractivity contribution in [3.63, 3.8) is 0 Å². The molecule has 2 aliphatic rings. The summed E-state index contributed by atoms with van der Waals surface area (Å²) in [4.78, 5) is 12.1. The number of nitrogens with one attached hydrogen (secondary N) is 2. The van der Waals surface area contributed by atoms with Gasteiger partial charge >= 0.3 is 6.03 Å². The molecule has 0 saturated heterocycles. The first-order chi connectivity index (χ1) is 10.7. The largest absolute Gasteiger partial charge is 0.394 e. The van der Waals surface area contributed by atoms with E-state index in [0.717, 1.165) is 24.4 Å². The van der Waals surface area contributed by atoms with E-state index in [1.54, 1.807) is 0 Å². The fourth-order valence-corrected chi connectivity index (χ4v) is 3.27. The van der Waals surface area contributed by atoms with Gasteiger partial charge in [0.25, 0.3) is 0 Å². The van der Waals surface area contributed by atoms with Crippen molar-refractivity contribution in [3.8, 4) is 0 Å². The lowest BCUT2D eigenvalue weighted by Crippen LogP contribution is -2.42. The van der Waals surface area contributed by atoms with Crippen molar-refractivity contribution in [3.05, 3.63) is 35.4 Å². The van der Waals surface area contributed by atoms with Crippen molar-refractivity contribution < 1.29 is 9.90 Å². The molecule has 0 spiro atoms. The lowest BCUT2D eigenvalue weighted by molar-refractivity contribution is 0.214. The molecular formula is C18H26N2O2. The van der Waals surface area contributed by atoms with Crippen LogP contribution in [0, 0.1) is 11.3 Å². The zero-order valence-electron chi connectivity index (χ0n) is 13.3. The van der Waals surface area contributed by atoms with E-state index in [4.69, 9.17) is 0 Å². The Labute approximate surface area is 132 Å². The van der Waals surface area contributed by atoms with Gasteiger partial charge in [-0.2, -0.15) is 0 Å². The minimum atomic E-state index is -0.345. The predicted molar refractivity (Wildman–Crippen MR) is 86.6 cm³/mol. The molecule has 2 amide bonds. The normalized spacial score (nSPS) is 20.3. The summed E-state index contributed by atoms with van der Waals surface area (Å²) >= 11 is 0. The van der Waals surface area contributed by atoms with Gasteiger partial charge in [-0.3, -0.25) is 0 Å². The van der Waals surface area contributed by atoms with Crippen molar-refractivity contribution in [2.24, 2.45) is 11.3 Å². The summed E-state index contributed by atoms with van der Waals surface area (Å²) in [5.41, 5.74) is 2.60. The first-order valence-electron chi connectivity index (χ1n) is 8.41. The maximum Gasteiger partial charge on any atom is 0.315 e. The Morgan fingerprint density at radius 3 is 2.50 bits per heavy atom. The standard InChI is InChI=1S/C18H26N2O2/c1-2-13-3-5-14(6-4-13)16(11-21)20-17(22)19-12-18(9-10-18)15-7-8-15/h3-6,15-16,21H,2,7-12H2,1H3,(H2,19,20,22). The number of amides is 2. The highest BCUT2D eigenvalue weighted by Gasteiger charge is 2.53. The SMILES string of the molecule is CCc1ccc(C(CO)NC(=O)NCC2(C3CC3)CC2)cc1. The zero-order valence-corrected chi connectivity index (χ0v) is 13.3. The third-order valence-corrected chi connectivity index (χ3v) is 5.21. The van der Waals surface area contributed by atoms with Gasteiger partial charge in [-0.15, -0.1) is 0 Å². The summed E-state index contributed by atoms with van der Waals surface area (Å²) in [5.74, 6) is 0.836. The first-order valence-corrected chi connectivity index (χ1v) is 8.41. The highest BCUT2D eigenvalue weighted by Crippen LogP contribution is 2.60. The molecule has 22 heavy (non-hydrogen) atoms. The van der Waals surface area contributed by atoms with Gasteiger partial charge in [-0.25, -0.2) is 4.79 Å². The second kappa shape index (κ2) is 6.29. The summed E-state index contributed by atoms with van der Waals surface area (Å²) in [5, 5.41) is 15.4. The van der Waals surface area contributed by atoms with Gasteiger partial charge < -0.3 is 15.7 Å². The summed E-state index contributed by atoms with van der Waals surface area (Å²) in [6, 6.07) is 7.53. The van der Waals surface area contributed by atoms with Crippen molar-refractivity contribution in [2.45, 2.75) is 45.1 Å². The summed E-state index contributed by atoms with van der Waals surface area (Å²) < 4.78 is 0. The molecule has 0 aromatic heterocycles. The molecule has 2 aliphatic carbocycles. The molecule has 1 aromatic carbocycles. The number of carbonyl (C=O) groups excluding carboxylic acids is 1. The predicted octanol–water partition coefficient (Wildman–Crippen LogP) is 2.77. The lowest BCUT2D eigenvalue weighted by atomic mass is 10.0. The molecular weight excluding hydrogens is 276 g/mol. The van der Waals surface area contributed by atoms with Gasteiger partial charge in [-0.1, -0.05) is 31.2 Å². The van der Waals surface area contributed by atoms with Crippen LogP contribution < -0.4 is 10.6 Å². The van der Waals surface area contributed by atoms with Crippen LogP contribution in [0.25, 0.3) is 0 Å². The van der Waals surface area contributed by atoms with Crippen LogP contribution in [0.4, 0.5) is 4.79 Å². The average molecular weight is 302 g/mol. The van der Waals surface area contributed by atoms with Gasteiger partial charge in [0.05, 0.1) is 12.6 Å². The Morgan fingerprint density at radius 2 is 2.00 bits per heavy atom. The molecule has 3 N–H and O–H groups in total. The molecule has 2 saturated carbocycles. The van der Waals surface area contributed by atoms with E-state index in [-0.39, 0.29) is 18.7 Å². The van der Waals surface area contributed by atoms with E-state index in [2.05, 4.69) is 17.6 Å². The third-order valence-electron chi connectivity index (χ3n) is 5.21. The molecule has 0 heterocycles. The van der Waals surface area contributed by atoms with Crippen molar-refractivity contribution in [2.75, 3.05) is 13.2 Å². The van der Waals surface area contributed by atoms with E-state index >= 15 is 0 Å². The molecule has 1 atom stereocenters. The smallest absolute Gasteiger partial charge is 0.315 e. The number of aliphatic hydroxyl groups is 1. The fourth-order valence-electron chi connectivity index (χ4n) is 3.27. The molecule has 2 fully saturated rings. The van der Waals surface area contributed by atoms with Crippen LogP contribution in [0.15, 0.2) is 24.3 Å².